The van der Waals surface area contributed by atoms with E-state index in [2.05, 4.69) is 4.99 Å². The first-order valence-corrected chi connectivity index (χ1v) is 10.5. The molecule has 0 aromatic heterocycles. The number of amides is 1. The van der Waals surface area contributed by atoms with Crippen LogP contribution in [0.4, 0.5) is 0 Å². The van der Waals surface area contributed by atoms with Gasteiger partial charge in [0, 0.05) is 19.1 Å². The predicted molar refractivity (Wildman–Crippen MR) is 120 cm³/mol. The summed E-state index contributed by atoms with van der Waals surface area (Å²) in [6, 6.07) is 11.0. The maximum Gasteiger partial charge on any atom is 0.266 e. The van der Waals surface area contributed by atoms with Gasteiger partial charge in [0.1, 0.15) is 6.61 Å². The molecule has 0 spiro atoms. The van der Waals surface area contributed by atoms with Crippen molar-refractivity contribution < 1.29 is 14.3 Å². The highest BCUT2D eigenvalue weighted by Crippen LogP contribution is 2.39. The summed E-state index contributed by atoms with van der Waals surface area (Å²) in [4.78, 5) is 18.6. The van der Waals surface area contributed by atoms with Crippen molar-refractivity contribution >= 4 is 52.1 Å². The maximum atomic E-state index is 12.4. The van der Waals surface area contributed by atoms with Crippen LogP contribution in [0.3, 0.4) is 0 Å². The minimum atomic E-state index is -0.104. The first-order valence-electron chi connectivity index (χ1n) is 8.91. The molecular formula is C21H20Cl2N2O3S. The van der Waals surface area contributed by atoms with Gasteiger partial charge in [-0.05, 0) is 60.2 Å². The normalized spacial score (nSPS) is 16.7. The lowest BCUT2D eigenvalue weighted by atomic mass is 10.1. The summed E-state index contributed by atoms with van der Waals surface area (Å²) >= 11 is 13.7. The largest absolute Gasteiger partial charge is 0.490 e. The van der Waals surface area contributed by atoms with Crippen LogP contribution in [-0.2, 0) is 11.4 Å². The molecule has 0 atom stereocenters. The molecule has 2 aromatic rings. The van der Waals surface area contributed by atoms with Crippen molar-refractivity contribution in [1.29, 1.82) is 0 Å². The molecule has 29 heavy (non-hydrogen) atoms. The van der Waals surface area contributed by atoms with Crippen LogP contribution in [0.25, 0.3) is 6.08 Å². The van der Waals surface area contributed by atoms with Crippen LogP contribution in [0.5, 0.6) is 11.5 Å². The third kappa shape index (κ3) is 5.07. The van der Waals surface area contributed by atoms with Crippen molar-refractivity contribution in [1.82, 2.24) is 4.90 Å². The highest BCUT2D eigenvalue weighted by Gasteiger charge is 2.29. The van der Waals surface area contributed by atoms with Gasteiger partial charge in [0.25, 0.3) is 5.91 Å². The van der Waals surface area contributed by atoms with Gasteiger partial charge >= 0.3 is 0 Å². The first kappa shape index (κ1) is 21.6. The zero-order valence-corrected chi connectivity index (χ0v) is 18.6. The number of benzene rings is 2. The summed E-state index contributed by atoms with van der Waals surface area (Å²) < 4.78 is 11.7. The van der Waals surface area contributed by atoms with Gasteiger partial charge in [-0.3, -0.25) is 14.7 Å². The topological polar surface area (TPSA) is 51.1 Å². The smallest absolute Gasteiger partial charge is 0.266 e. The molecule has 3 rings (SSSR count). The summed E-state index contributed by atoms with van der Waals surface area (Å²) in [5.41, 5.74) is 1.71. The van der Waals surface area contributed by atoms with Crippen LogP contribution >= 0.6 is 35.0 Å². The van der Waals surface area contributed by atoms with E-state index >= 15 is 0 Å². The van der Waals surface area contributed by atoms with Gasteiger partial charge in [0.2, 0.25) is 0 Å². The van der Waals surface area contributed by atoms with E-state index in [1.54, 1.807) is 26.2 Å². The highest BCUT2D eigenvalue weighted by atomic mass is 35.5. The number of rotatable bonds is 6. The minimum Gasteiger partial charge on any atom is -0.490 e. The second-order valence-electron chi connectivity index (χ2n) is 6.16. The fourth-order valence-corrected chi connectivity index (χ4v) is 4.04. The summed E-state index contributed by atoms with van der Waals surface area (Å²) in [6.45, 7) is 2.67. The van der Waals surface area contributed by atoms with Crippen LogP contribution in [0, 0.1) is 0 Å². The molecule has 1 aliphatic rings. The number of carbonyl (C=O) groups is 1. The average Bonchev–Trinajstić information content (AvgIpc) is 2.97. The third-order valence-corrected chi connectivity index (χ3v) is 5.80. The van der Waals surface area contributed by atoms with Crippen molar-refractivity contribution in [3.63, 3.8) is 0 Å². The Kier molecular flexibility index (Phi) is 7.11. The molecule has 0 aliphatic carbocycles. The monoisotopic (exact) mass is 450 g/mol. The predicted octanol–water partition coefficient (Wildman–Crippen LogP) is 5.50. The fourth-order valence-electron chi connectivity index (χ4n) is 2.71. The number of aliphatic imine (C=N–C) groups is 1. The molecule has 0 bridgehead atoms. The molecule has 1 amide bonds. The lowest BCUT2D eigenvalue weighted by Crippen LogP contribution is -2.23. The molecule has 1 aliphatic heterocycles. The van der Waals surface area contributed by atoms with E-state index in [1.165, 1.54) is 16.7 Å². The summed E-state index contributed by atoms with van der Waals surface area (Å²) in [5.74, 6) is 0.880. The number of amidine groups is 1. The van der Waals surface area contributed by atoms with Crippen LogP contribution in [0.15, 0.2) is 46.3 Å². The summed E-state index contributed by atoms with van der Waals surface area (Å²) in [7, 11) is 3.36. The zero-order chi connectivity index (χ0) is 21.0. The lowest BCUT2D eigenvalue weighted by Gasteiger charge is -2.15. The van der Waals surface area contributed by atoms with Gasteiger partial charge in [0.05, 0.1) is 16.5 Å². The van der Waals surface area contributed by atoms with E-state index in [1.807, 2.05) is 37.3 Å². The van der Waals surface area contributed by atoms with Crippen LogP contribution in [0.2, 0.25) is 10.0 Å². The van der Waals surface area contributed by atoms with E-state index in [0.29, 0.717) is 44.8 Å². The van der Waals surface area contributed by atoms with Crippen LogP contribution < -0.4 is 9.47 Å². The molecule has 152 valence electrons. The van der Waals surface area contributed by atoms with Crippen molar-refractivity contribution in [2.45, 2.75) is 13.5 Å². The number of nitrogens with zero attached hydrogens (tertiary/aromatic N) is 2. The van der Waals surface area contributed by atoms with Gasteiger partial charge in [-0.15, -0.1) is 0 Å². The number of ether oxygens (including phenoxy) is 2. The Labute approximate surface area is 184 Å². The summed E-state index contributed by atoms with van der Waals surface area (Å²) in [5, 5.41) is 1.73. The van der Waals surface area contributed by atoms with E-state index in [4.69, 9.17) is 32.7 Å². The SMILES string of the molecule is CCOc1cc(/C=C2/SC(=NC)N(C)C2=O)cc(Cl)c1OCc1ccc(Cl)cc1. The van der Waals surface area contributed by atoms with Gasteiger partial charge in [0.15, 0.2) is 16.7 Å². The van der Waals surface area contributed by atoms with Crippen LogP contribution in [-0.4, -0.2) is 36.7 Å². The van der Waals surface area contributed by atoms with Gasteiger partial charge in [-0.2, -0.15) is 0 Å². The fraction of sp³-hybridized carbons (Fsp3) is 0.238. The van der Waals surface area contributed by atoms with E-state index in [9.17, 15) is 4.79 Å². The Balaban J connectivity index is 1.87. The number of thioether (sulfide) groups is 1. The number of hydrogen-bond acceptors (Lipinski definition) is 5. The molecule has 0 radical (unpaired) electrons. The molecule has 5 nitrogen and oxygen atoms in total. The standard InChI is InChI=1S/C21H20Cl2N2O3S/c1-4-27-17-10-14(11-18-20(26)25(3)21(24-2)29-18)9-16(23)19(17)28-12-13-5-7-15(22)8-6-13/h5-11H,4,12H2,1-3H3/b18-11+,24-21?. The maximum absolute atomic E-state index is 12.4. The quantitative estimate of drug-likeness (QED) is 0.544. The first-order chi connectivity index (χ1) is 13.9. The Morgan fingerprint density at radius 3 is 2.52 bits per heavy atom. The molecule has 1 fully saturated rings. The molecule has 8 heteroatoms. The average molecular weight is 451 g/mol. The summed E-state index contributed by atoms with van der Waals surface area (Å²) in [6.07, 6.45) is 1.78. The van der Waals surface area contributed by atoms with E-state index in [-0.39, 0.29) is 5.91 Å². The van der Waals surface area contributed by atoms with Crippen molar-refractivity contribution in [2.24, 2.45) is 4.99 Å². The van der Waals surface area contributed by atoms with E-state index in [0.717, 1.165) is 11.1 Å². The van der Waals surface area contributed by atoms with E-state index < -0.39 is 0 Å². The minimum absolute atomic E-state index is 0.104. The number of hydrogen-bond donors (Lipinski definition) is 0. The lowest BCUT2D eigenvalue weighted by molar-refractivity contribution is -0.121. The Morgan fingerprint density at radius 2 is 1.90 bits per heavy atom. The molecule has 1 heterocycles. The second kappa shape index (κ2) is 9.57. The van der Waals surface area contributed by atoms with Gasteiger partial charge < -0.3 is 9.47 Å². The van der Waals surface area contributed by atoms with Gasteiger partial charge in [-0.25, -0.2) is 0 Å². The molecule has 0 unspecified atom stereocenters. The molecular weight excluding hydrogens is 431 g/mol. The third-order valence-electron chi connectivity index (χ3n) is 4.12. The molecule has 1 saturated heterocycles. The van der Waals surface area contributed by atoms with Crippen molar-refractivity contribution in [3.8, 4) is 11.5 Å². The second-order valence-corrected chi connectivity index (χ2v) is 8.01. The Morgan fingerprint density at radius 1 is 1.17 bits per heavy atom. The molecule has 2 aromatic carbocycles. The zero-order valence-electron chi connectivity index (χ0n) is 16.2. The van der Waals surface area contributed by atoms with Crippen molar-refractivity contribution in [2.75, 3.05) is 20.7 Å². The molecule has 0 saturated carbocycles. The van der Waals surface area contributed by atoms with Gasteiger partial charge in [-0.1, -0.05) is 35.3 Å². The molecule has 0 N–H and O–H groups in total. The number of halogens is 2. The van der Waals surface area contributed by atoms with Crippen molar-refractivity contribution in [3.05, 3.63) is 62.5 Å². The Bertz CT molecular complexity index is 975. The number of carbonyl (C=O) groups excluding carboxylic acids is 1. The Hall–Kier alpha value is -2.15. The highest BCUT2D eigenvalue weighted by molar-refractivity contribution is 8.18. The van der Waals surface area contributed by atoms with Crippen LogP contribution in [0.1, 0.15) is 18.1 Å². The number of likely N-dealkylation sites (N-methyl/N-ethyl adjacent to an activating group) is 1.